The second kappa shape index (κ2) is 19.3. The van der Waals surface area contributed by atoms with E-state index in [0.29, 0.717) is 36.2 Å². The van der Waals surface area contributed by atoms with Crippen LogP contribution in [0.25, 0.3) is 21.8 Å². The summed E-state index contributed by atoms with van der Waals surface area (Å²) < 4.78 is 20.9. The van der Waals surface area contributed by atoms with Gasteiger partial charge in [-0.25, -0.2) is 9.59 Å². The largest absolute Gasteiger partial charge is 0.487 e. The molecule has 0 saturated carbocycles. The molecular formula is C55H58N4O6. The van der Waals surface area contributed by atoms with Crippen LogP contribution in [0, 0.1) is 11.8 Å². The second-order valence-corrected chi connectivity index (χ2v) is 17.6. The first kappa shape index (κ1) is 45.8. The lowest BCUT2D eigenvalue weighted by Crippen LogP contribution is -2.30. The number of hydrogen-bond donors (Lipinski definition) is 1. The summed E-state index contributed by atoms with van der Waals surface area (Å²) in [4.78, 5) is 32.1. The highest BCUT2D eigenvalue weighted by atomic mass is 16.5. The van der Waals surface area contributed by atoms with Gasteiger partial charge in [-0.1, -0.05) is 90.1 Å². The number of carbonyl (C=O) groups excluding carboxylic acids is 1. The highest BCUT2D eigenvalue weighted by Crippen LogP contribution is 2.45. The van der Waals surface area contributed by atoms with E-state index in [4.69, 9.17) is 14.2 Å². The van der Waals surface area contributed by atoms with Crippen molar-refractivity contribution in [2.24, 2.45) is 25.9 Å². The number of nitrogens with zero attached hydrogens (tertiary/aromatic N) is 4. The molecule has 334 valence electrons. The van der Waals surface area contributed by atoms with Crippen molar-refractivity contribution in [3.8, 4) is 11.5 Å². The zero-order chi connectivity index (χ0) is 46.5. The second-order valence-electron chi connectivity index (χ2n) is 17.6. The molecule has 0 spiro atoms. The lowest BCUT2D eigenvalue weighted by Gasteiger charge is -2.35. The van der Waals surface area contributed by atoms with Crippen LogP contribution in [-0.4, -0.2) is 43.3 Å². The Balaban J connectivity index is 0.000000194. The fraction of sp³-hybridized carbons (Fsp3) is 0.273. The molecule has 0 aliphatic rings. The number of hydrogen-bond acceptors (Lipinski definition) is 7. The Morgan fingerprint density at radius 1 is 0.600 bits per heavy atom. The Labute approximate surface area is 381 Å². The third-order valence-corrected chi connectivity index (χ3v) is 13.2. The Hall–Kier alpha value is -7.20. The van der Waals surface area contributed by atoms with E-state index in [2.05, 4.69) is 92.7 Å². The number of aromatic carboxylic acids is 1. The molecule has 8 aromatic rings. The Morgan fingerprint density at radius 2 is 1.02 bits per heavy atom. The predicted molar refractivity (Wildman–Crippen MR) is 257 cm³/mol. The van der Waals surface area contributed by atoms with Crippen LogP contribution < -0.4 is 9.47 Å². The SMILES string of the molecule is CC(C)C(C)(c1ccc(OCc2ccccn2)cc1)c1cn(C)c2cc(C(=O)O)ccc12.COC(=O)c1ccc2c(C(C)(c3ccc(OCc4ccccn4)cc3)C(C)C)cn(C)c2c1. The van der Waals surface area contributed by atoms with Gasteiger partial charge >= 0.3 is 11.9 Å². The summed E-state index contributed by atoms with van der Waals surface area (Å²) in [5.74, 6) is 1.03. The van der Waals surface area contributed by atoms with Crippen LogP contribution in [-0.2, 0) is 42.9 Å². The number of esters is 1. The fourth-order valence-electron chi connectivity index (χ4n) is 8.65. The average molecular weight is 871 g/mol. The van der Waals surface area contributed by atoms with Gasteiger partial charge in [-0.05, 0) is 107 Å². The van der Waals surface area contributed by atoms with Gasteiger partial charge in [0.25, 0.3) is 0 Å². The minimum atomic E-state index is -0.914. The van der Waals surface area contributed by atoms with Gasteiger partial charge in [-0.3, -0.25) is 9.97 Å². The van der Waals surface area contributed by atoms with Crippen molar-refractivity contribution in [2.45, 2.75) is 65.6 Å². The minimum Gasteiger partial charge on any atom is -0.487 e. The van der Waals surface area contributed by atoms with Crippen LogP contribution in [0.2, 0.25) is 0 Å². The number of rotatable bonds is 14. The molecule has 4 heterocycles. The molecule has 4 aromatic heterocycles. The number of fused-ring (bicyclic) bond motifs is 2. The zero-order valence-electron chi connectivity index (χ0n) is 38.7. The smallest absolute Gasteiger partial charge is 0.337 e. The maximum atomic E-state index is 12.0. The third-order valence-electron chi connectivity index (χ3n) is 13.2. The van der Waals surface area contributed by atoms with Gasteiger partial charge in [-0.15, -0.1) is 0 Å². The molecular weight excluding hydrogens is 813 g/mol. The Morgan fingerprint density at radius 3 is 1.38 bits per heavy atom. The topological polar surface area (TPSA) is 118 Å². The van der Waals surface area contributed by atoms with Crippen LogP contribution in [0.5, 0.6) is 11.5 Å². The van der Waals surface area contributed by atoms with Gasteiger partial charge in [0.2, 0.25) is 0 Å². The van der Waals surface area contributed by atoms with Crippen molar-refractivity contribution in [1.29, 1.82) is 0 Å². The first-order valence-corrected chi connectivity index (χ1v) is 21.9. The summed E-state index contributed by atoms with van der Waals surface area (Å²) >= 11 is 0. The number of carboxylic acid groups (broad SMARTS) is 1. The quantitative estimate of drug-likeness (QED) is 0.107. The minimum absolute atomic E-state index is 0.230. The molecule has 0 saturated heterocycles. The van der Waals surface area contributed by atoms with Crippen molar-refractivity contribution in [2.75, 3.05) is 7.11 Å². The van der Waals surface area contributed by atoms with Gasteiger partial charge in [0.15, 0.2) is 0 Å². The van der Waals surface area contributed by atoms with E-state index in [1.165, 1.54) is 29.4 Å². The van der Waals surface area contributed by atoms with E-state index in [1.54, 1.807) is 24.5 Å². The summed E-state index contributed by atoms with van der Waals surface area (Å²) in [6.45, 7) is 14.3. The van der Waals surface area contributed by atoms with E-state index >= 15 is 0 Å². The summed E-state index contributed by atoms with van der Waals surface area (Å²) in [6.07, 6.45) is 7.84. The molecule has 1 N–H and O–H groups in total. The number of ether oxygens (including phenoxy) is 3. The molecule has 8 rings (SSSR count). The van der Waals surface area contributed by atoms with Crippen LogP contribution in [0.4, 0.5) is 0 Å². The van der Waals surface area contributed by atoms with E-state index in [0.717, 1.165) is 44.7 Å². The van der Waals surface area contributed by atoms with Gasteiger partial charge in [-0.2, -0.15) is 0 Å². The molecule has 4 aromatic carbocycles. The van der Waals surface area contributed by atoms with E-state index in [1.807, 2.05) is 104 Å². The van der Waals surface area contributed by atoms with E-state index < -0.39 is 5.97 Å². The molecule has 0 aliphatic heterocycles. The summed E-state index contributed by atoms with van der Waals surface area (Å²) in [5.41, 5.74) is 8.89. The Kier molecular flexibility index (Phi) is 13.6. The summed E-state index contributed by atoms with van der Waals surface area (Å²) in [6, 6.07) is 39.3. The van der Waals surface area contributed by atoms with Gasteiger partial charge < -0.3 is 28.5 Å². The molecule has 2 unspecified atom stereocenters. The Bertz CT molecular complexity index is 2900. The van der Waals surface area contributed by atoms with Crippen molar-refractivity contribution in [1.82, 2.24) is 19.1 Å². The lowest BCUT2D eigenvalue weighted by atomic mass is 9.68. The summed E-state index contributed by atoms with van der Waals surface area (Å²) in [5, 5.41) is 11.6. The predicted octanol–water partition coefficient (Wildman–Crippen LogP) is 11.7. The number of carboxylic acids is 1. The van der Waals surface area contributed by atoms with Crippen LogP contribution in [0.3, 0.4) is 0 Å². The van der Waals surface area contributed by atoms with Crippen LogP contribution >= 0.6 is 0 Å². The standard InChI is InChI=1S/C28H30N2O3.C27H28N2O3/c1-19(2)28(3,21-10-12-23(13-11-21)33-18-22-8-6-7-15-29-22)25-17-30(4)26-16-20(27(31)32-5)9-14-24(25)26;1-18(2)27(3,24-16-29(4)25-15-19(26(30)31)8-13-23(24)25)20-9-11-22(12-10-20)32-17-21-7-5-6-14-28-21/h6-17,19H,18H2,1-5H3;5-16,18H,17H2,1-4H3,(H,30,31). The maximum Gasteiger partial charge on any atom is 0.337 e. The molecule has 65 heavy (non-hydrogen) atoms. The lowest BCUT2D eigenvalue weighted by molar-refractivity contribution is 0.0600. The molecule has 0 bridgehead atoms. The van der Waals surface area contributed by atoms with Crippen molar-refractivity contribution in [3.63, 3.8) is 0 Å². The first-order valence-electron chi connectivity index (χ1n) is 21.9. The number of aromatic nitrogens is 4. The number of aryl methyl sites for hydroxylation is 2. The molecule has 0 aliphatic carbocycles. The molecule has 10 heteroatoms. The fourth-order valence-corrected chi connectivity index (χ4v) is 8.65. The highest BCUT2D eigenvalue weighted by molar-refractivity contribution is 5.96. The molecule has 0 amide bonds. The number of pyridine rings is 2. The van der Waals surface area contributed by atoms with Crippen molar-refractivity contribution >= 4 is 33.7 Å². The van der Waals surface area contributed by atoms with Gasteiger partial charge in [0.05, 0.1) is 29.6 Å². The number of benzene rings is 4. The summed E-state index contributed by atoms with van der Waals surface area (Å²) in [7, 11) is 5.39. The number of carbonyl (C=O) groups is 2. The van der Waals surface area contributed by atoms with Crippen molar-refractivity contribution < 1.29 is 28.9 Å². The molecule has 0 fully saturated rings. The van der Waals surface area contributed by atoms with Crippen LogP contribution in [0.15, 0.2) is 146 Å². The maximum absolute atomic E-state index is 12.0. The van der Waals surface area contributed by atoms with Gasteiger partial charge in [0.1, 0.15) is 24.7 Å². The van der Waals surface area contributed by atoms with Crippen LogP contribution in [0.1, 0.15) is 95.9 Å². The normalized spacial score (nSPS) is 13.2. The van der Waals surface area contributed by atoms with E-state index in [9.17, 15) is 14.7 Å². The zero-order valence-corrected chi connectivity index (χ0v) is 38.7. The monoisotopic (exact) mass is 870 g/mol. The van der Waals surface area contributed by atoms with Crippen molar-refractivity contribution in [3.05, 3.63) is 191 Å². The highest BCUT2D eigenvalue weighted by Gasteiger charge is 2.37. The first-order chi connectivity index (χ1) is 31.1. The third kappa shape index (κ3) is 9.39. The average Bonchev–Trinajstić information content (AvgIpc) is 3.85. The molecule has 0 radical (unpaired) electrons. The number of methoxy groups -OCH3 is 1. The molecule has 2 atom stereocenters. The van der Waals surface area contributed by atoms with E-state index in [-0.39, 0.29) is 16.8 Å². The van der Waals surface area contributed by atoms with Gasteiger partial charge in [0, 0.05) is 71.5 Å². The molecule has 10 nitrogen and oxygen atoms in total.